The van der Waals surface area contributed by atoms with E-state index in [-0.39, 0.29) is 10.9 Å². The maximum absolute atomic E-state index is 12.8. The second-order valence-corrected chi connectivity index (χ2v) is 5.22. The summed E-state index contributed by atoms with van der Waals surface area (Å²) in [6, 6.07) is 5.24. The number of hydrogen-bond acceptors (Lipinski definition) is 4. The summed E-state index contributed by atoms with van der Waals surface area (Å²) in [5.41, 5.74) is 0.478. The van der Waals surface area contributed by atoms with Crippen LogP contribution in [0.2, 0.25) is 0 Å². The van der Waals surface area contributed by atoms with Crippen molar-refractivity contribution in [1.82, 2.24) is 14.8 Å². The van der Waals surface area contributed by atoms with Gasteiger partial charge in [-0.3, -0.25) is 4.57 Å². The van der Waals surface area contributed by atoms with Gasteiger partial charge in [0.2, 0.25) is 0 Å². The number of benzene rings is 1. The summed E-state index contributed by atoms with van der Waals surface area (Å²) < 4.78 is 50.6. The van der Waals surface area contributed by atoms with E-state index >= 15 is 0 Å². The number of hydrogen-bond donors (Lipinski definition) is 1. The molecule has 1 heterocycles. The molecule has 0 amide bonds. The molecule has 1 aromatic heterocycles. The number of aliphatic hydroxyl groups is 1. The average molecular weight is 321 g/mol. The van der Waals surface area contributed by atoms with E-state index in [4.69, 9.17) is 0 Å². The number of aromatic nitrogens is 3. The van der Waals surface area contributed by atoms with E-state index in [1.165, 1.54) is 24.3 Å². The zero-order chi connectivity index (χ0) is 15.5. The van der Waals surface area contributed by atoms with Gasteiger partial charge in [0.1, 0.15) is 18.7 Å². The Hall–Kier alpha value is -1.61. The second-order valence-electron chi connectivity index (χ2n) is 4.23. The number of alkyl halides is 3. The van der Waals surface area contributed by atoms with Crippen LogP contribution in [0.4, 0.5) is 17.6 Å². The third-order valence-corrected chi connectivity index (χ3v) is 3.61. The lowest BCUT2D eigenvalue weighted by Crippen LogP contribution is -2.18. The Morgan fingerprint density at radius 2 is 1.90 bits per heavy atom. The van der Waals surface area contributed by atoms with Gasteiger partial charge in [0, 0.05) is 5.75 Å². The standard InChI is InChI=1S/C12H11F4N3OS/c13-9-3-1-8(2-4-9)10(20)5-21-11-18-17-7-19(11)6-12(14,15)16/h1-4,7,10,20H,5-6H2. The minimum Gasteiger partial charge on any atom is -0.388 e. The Bertz CT molecular complexity index is 585. The van der Waals surface area contributed by atoms with Gasteiger partial charge in [0.15, 0.2) is 5.16 Å². The number of nitrogens with zero attached hydrogens (tertiary/aromatic N) is 3. The normalized spacial score (nSPS) is 13.4. The van der Waals surface area contributed by atoms with Crippen molar-refractivity contribution in [2.24, 2.45) is 0 Å². The number of rotatable bonds is 5. The fraction of sp³-hybridized carbons (Fsp3) is 0.333. The van der Waals surface area contributed by atoms with Gasteiger partial charge >= 0.3 is 6.18 Å². The first-order valence-corrected chi connectivity index (χ1v) is 6.84. The zero-order valence-electron chi connectivity index (χ0n) is 10.6. The molecule has 1 N–H and O–H groups in total. The summed E-state index contributed by atoms with van der Waals surface area (Å²) >= 11 is 0.947. The maximum atomic E-state index is 12.8. The van der Waals surface area contributed by atoms with Crippen LogP contribution in [0.15, 0.2) is 35.7 Å². The number of thioether (sulfide) groups is 1. The summed E-state index contributed by atoms with van der Waals surface area (Å²) in [6.45, 7) is -1.19. The van der Waals surface area contributed by atoms with Crippen LogP contribution in [0, 0.1) is 5.82 Å². The minimum absolute atomic E-state index is 0.0634. The molecule has 1 atom stereocenters. The lowest BCUT2D eigenvalue weighted by molar-refractivity contribution is -0.142. The predicted molar refractivity (Wildman–Crippen MR) is 68.2 cm³/mol. The maximum Gasteiger partial charge on any atom is 0.406 e. The van der Waals surface area contributed by atoms with Crippen molar-refractivity contribution >= 4 is 11.8 Å². The Labute approximate surface area is 121 Å². The molecular formula is C12H11F4N3OS. The van der Waals surface area contributed by atoms with E-state index < -0.39 is 24.6 Å². The quantitative estimate of drug-likeness (QED) is 0.680. The van der Waals surface area contributed by atoms with Crippen molar-refractivity contribution in [2.45, 2.75) is 24.0 Å². The Morgan fingerprint density at radius 1 is 1.24 bits per heavy atom. The highest BCUT2D eigenvalue weighted by Gasteiger charge is 2.29. The van der Waals surface area contributed by atoms with Crippen LogP contribution < -0.4 is 0 Å². The molecule has 0 radical (unpaired) electrons. The van der Waals surface area contributed by atoms with E-state index in [1.54, 1.807) is 0 Å². The fourth-order valence-electron chi connectivity index (χ4n) is 1.59. The van der Waals surface area contributed by atoms with Gasteiger partial charge in [-0.05, 0) is 17.7 Å². The van der Waals surface area contributed by atoms with Gasteiger partial charge in [-0.15, -0.1) is 10.2 Å². The van der Waals surface area contributed by atoms with Crippen LogP contribution in [0.5, 0.6) is 0 Å². The Kier molecular flexibility index (Phi) is 4.84. The molecule has 0 aliphatic rings. The summed E-state index contributed by atoms with van der Waals surface area (Å²) in [4.78, 5) is 0. The van der Waals surface area contributed by atoms with Gasteiger partial charge in [0.25, 0.3) is 0 Å². The van der Waals surface area contributed by atoms with E-state index in [2.05, 4.69) is 10.2 Å². The molecule has 2 aromatic rings. The van der Waals surface area contributed by atoms with Crippen LogP contribution >= 0.6 is 11.8 Å². The smallest absolute Gasteiger partial charge is 0.388 e. The highest BCUT2D eigenvalue weighted by atomic mass is 32.2. The molecule has 114 valence electrons. The van der Waals surface area contributed by atoms with Crippen LogP contribution in [0.1, 0.15) is 11.7 Å². The summed E-state index contributed by atoms with van der Waals surface area (Å²) in [7, 11) is 0. The summed E-state index contributed by atoms with van der Waals surface area (Å²) in [5.74, 6) is -0.342. The molecule has 0 spiro atoms. The van der Waals surface area contributed by atoms with E-state index in [0.717, 1.165) is 22.7 Å². The molecule has 1 aromatic carbocycles. The molecule has 0 aliphatic carbocycles. The third-order valence-electron chi connectivity index (χ3n) is 2.55. The van der Waals surface area contributed by atoms with Crippen LogP contribution in [-0.2, 0) is 6.54 Å². The molecule has 2 rings (SSSR count). The summed E-state index contributed by atoms with van der Waals surface area (Å²) in [6.07, 6.45) is -4.32. The Balaban J connectivity index is 1.97. The highest BCUT2D eigenvalue weighted by molar-refractivity contribution is 7.99. The van der Waals surface area contributed by atoms with Crippen molar-refractivity contribution in [3.05, 3.63) is 42.0 Å². The fourth-order valence-corrected chi connectivity index (χ4v) is 2.47. The largest absolute Gasteiger partial charge is 0.406 e. The SMILES string of the molecule is OC(CSc1nncn1CC(F)(F)F)c1ccc(F)cc1. The van der Waals surface area contributed by atoms with Gasteiger partial charge < -0.3 is 5.11 Å². The van der Waals surface area contributed by atoms with E-state index in [1.807, 2.05) is 0 Å². The first kappa shape index (κ1) is 15.8. The average Bonchev–Trinajstić information content (AvgIpc) is 2.82. The minimum atomic E-state index is -4.37. The molecule has 0 saturated heterocycles. The monoisotopic (exact) mass is 321 g/mol. The first-order valence-electron chi connectivity index (χ1n) is 5.86. The molecule has 1 unspecified atom stereocenters. The van der Waals surface area contributed by atoms with Crippen LogP contribution in [0.3, 0.4) is 0 Å². The second kappa shape index (κ2) is 6.44. The third kappa shape index (κ3) is 4.71. The highest BCUT2D eigenvalue weighted by Crippen LogP contribution is 2.25. The van der Waals surface area contributed by atoms with Gasteiger partial charge in [-0.25, -0.2) is 4.39 Å². The van der Waals surface area contributed by atoms with Crippen molar-refractivity contribution in [3.8, 4) is 0 Å². The molecule has 0 bridgehead atoms. The number of aliphatic hydroxyl groups excluding tert-OH is 1. The summed E-state index contributed by atoms with van der Waals surface area (Å²) in [5, 5.41) is 17.0. The molecule has 21 heavy (non-hydrogen) atoms. The molecule has 0 fully saturated rings. The lowest BCUT2D eigenvalue weighted by Gasteiger charge is -2.12. The lowest BCUT2D eigenvalue weighted by atomic mass is 10.1. The van der Waals surface area contributed by atoms with E-state index in [9.17, 15) is 22.7 Å². The van der Waals surface area contributed by atoms with Crippen LogP contribution in [-0.4, -0.2) is 31.8 Å². The van der Waals surface area contributed by atoms with Crippen molar-refractivity contribution < 1.29 is 22.7 Å². The molecule has 0 saturated carbocycles. The van der Waals surface area contributed by atoms with Gasteiger partial charge in [0.05, 0.1) is 6.10 Å². The van der Waals surface area contributed by atoms with Crippen molar-refractivity contribution in [3.63, 3.8) is 0 Å². The Morgan fingerprint density at radius 3 is 2.52 bits per heavy atom. The molecular weight excluding hydrogens is 310 g/mol. The van der Waals surface area contributed by atoms with Crippen LogP contribution in [0.25, 0.3) is 0 Å². The number of halogens is 4. The topological polar surface area (TPSA) is 50.9 Å². The van der Waals surface area contributed by atoms with Gasteiger partial charge in [-0.1, -0.05) is 23.9 Å². The first-order chi connectivity index (χ1) is 9.85. The van der Waals surface area contributed by atoms with Crippen molar-refractivity contribution in [2.75, 3.05) is 5.75 Å². The zero-order valence-corrected chi connectivity index (χ0v) is 11.4. The molecule has 9 heteroatoms. The van der Waals surface area contributed by atoms with Crippen molar-refractivity contribution in [1.29, 1.82) is 0 Å². The van der Waals surface area contributed by atoms with E-state index in [0.29, 0.717) is 5.56 Å². The molecule has 0 aliphatic heterocycles. The molecule has 4 nitrogen and oxygen atoms in total. The predicted octanol–water partition coefficient (Wildman–Crippen LogP) is 2.81. The van der Waals surface area contributed by atoms with Gasteiger partial charge in [-0.2, -0.15) is 13.2 Å².